The highest BCUT2D eigenvalue weighted by atomic mass is 16.5. The molecule has 1 aromatic rings. The summed E-state index contributed by atoms with van der Waals surface area (Å²) in [5.41, 5.74) is 0.125. The third-order valence-corrected chi connectivity index (χ3v) is 4.49. The van der Waals surface area contributed by atoms with Gasteiger partial charge in [-0.15, -0.1) is 0 Å². The number of hydrogen-bond donors (Lipinski definition) is 1. The molecule has 6 nitrogen and oxygen atoms in total. The second-order valence-electron chi connectivity index (χ2n) is 6.07. The third kappa shape index (κ3) is 4.01. The average molecular weight is 308 g/mol. The van der Waals surface area contributed by atoms with E-state index in [0.717, 1.165) is 44.3 Å². The van der Waals surface area contributed by atoms with Crippen molar-refractivity contribution in [1.82, 2.24) is 15.1 Å². The molecule has 1 N–H and O–H groups in total. The molecule has 0 aliphatic carbocycles. The number of furan rings is 1. The highest BCUT2D eigenvalue weighted by Crippen LogP contribution is 2.25. The van der Waals surface area contributed by atoms with Gasteiger partial charge in [0.1, 0.15) is 5.76 Å². The van der Waals surface area contributed by atoms with Crippen LogP contribution in [-0.4, -0.2) is 69.2 Å². The van der Waals surface area contributed by atoms with Crippen molar-refractivity contribution in [3.8, 4) is 0 Å². The second-order valence-corrected chi connectivity index (χ2v) is 6.07. The summed E-state index contributed by atoms with van der Waals surface area (Å²) in [4.78, 5) is 8.76. The van der Waals surface area contributed by atoms with Crippen LogP contribution in [0.1, 0.15) is 18.6 Å². The summed E-state index contributed by atoms with van der Waals surface area (Å²) in [5, 5.41) is 3.51. The summed E-state index contributed by atoms with van der Waals surface area (Å²) in [5.74, 6) is 1.81. The Labute approximate surface area is 133 Å². The van der Waals surface area contributed by atoms with E-state index >= 15 is 0 Å². The van der Waals surface area contributed by atoms with E-state index in [0.29, 0.717) is 6.54 Å². The van der Waals surface area contributed by atoms with E-state index in [2.05, 4.69) is 34.2 Å². The van der Waals surface area contributed by atoms with Gasteiger partial charge >= 0.3 is 0 Å². The zero-order chi connectivity index (χ0) is 16.0. The van der Waals surface area contributed by atoms with Crippen LogP contribution in [-0.2, 0) is 11.3 Å². The minimum absolute atomic E-state index is 0.125. The quantitative estimate of drug-likeness (QED) is 0.658. The van der Waals surface area contributed by atoms with Gasteiger partial charge in [-0.3, -0.25) is 4.99 Å². The van der Waals surface area contributed by atoms with Crippen LogP contribution >= 0.6 is 0 Å². The van der Waals surface area contributed by atoms with Crippen LogP contribution in [0.25, 0.3) is 0 Å². The van der Waals surface area contributed by atoms with Crippen molar-refractivity contribution in [1.29, 1.82) is 0 Å². The van der Waals surface area contributed by atoms with E-state index in [1.54, 1.807) is 6.26 Å². The summed E-state index contributed by atoms with van der Waals surface area (Å²) >= 11 is 0. The van der Waals surface area contributed by atoms with Gasteiger partial charge in [0.25, 0.3) is 0 Å². The van der Waals surface area contributed by atoms with Crippen molar-refractivity contribution >= 4 is 5.96 Å². The van der Waals surface area contributed by atoms with E-state index in [4.69, 9.17) is 9.15 Å². The van der Waals surface area contributed by atoms with E-state index in [1.807, 2.05) is 26.2 Å². The minimum Gasteiger partial charge on any atom is -0.467 e. The Morgan fingerprint density at radius 1 is 1.32 bits per heavy atom. The molecule has 1 aromatic heterocycles. The van der Waals surface area contributed by atoms with Crippen LogP contribution in [0.15, 0.2) is 27.8 Å². The minimum atomic E-state index is 0.125. The standard InChI is InChI=1S/C16H28N4O2/c1-17-15(20(4)12-14-6-5-9-22-14)18-13-16(19(2)3)7-10-21-11-8-16/h5-6,9H,7-8,10-13H2,1-4H3,(H,17,18). The van der Waals surface area contributed by atoms with Gasteiger partial charge in [0.2, 0.25) is 0 Å². The van der Waals surface area contributed by atoms with Crippen LogP contribution in [0.3, 0.4) is 0 Å². The molecule has 22 heavy (non-hydrogen) atoms. The fourth-order valence-electron chi connectivity index (χ4n) is 2.87. The van der Waals surface area contributed by atoms with E-state index in [-0.39, 0.29) is 5.54 Å². The number of ether oxygens (including phenoxy) is 1. The first-order valence-corrected chi connectivity index (χ1v) is 7.77. The maximum Gasteiger partial charge on any atom is 0.193 e. The summed E-state index contributed by atoms with van der Waals surface area (Å²) < 4.78 is 10.9. The van der Waals surface area contributed by atoms with Crippen LogP contribution in [0.5, 0.6) is 0 Å². The summed E-state index contributed by atoms with van der Waals surface area (Å²) in [6.07, 6.45) is 3.76. The highest BCUT2D eigenvalue weighted by molar-refractivity contribution is 5.79. The van der Waals surface area contributed by atoms with E-state index < -0.39 is 0 Å². The molecule has 124 valence electrons. The van der Waals surface area contributed by atoms with Crippen LogP contribution < -0.4 is 5.32 Å². The first-order valence-electron chi connectivity index (χ1n) is 7.77. The lowest BCUT2D eigenvalue weighted by Gasteiger charge is -2.43. The number of rotatable bonds is 5. The number of guanidine groups is 1. The van der Waals surface area contributed by atoms with Gasteiger partial charge in [-0.2, -0.15) is 0 Å². The molecule has 6 heteroatoms. The average Bonchev–Trinajstić information content (AvgIpc) is 3.01. The SMILES string of the molecule is CN=C(NCC1(N(C)C)CCOCC1)N(C)Cc1ccco1. The molecule has 1 aliphatic rings. The van der Waals surface area contributed by atoms with Crippen molar-refractivity contribution in [3.05, 3.63) is 24.2 Å². The lowest BCUT2D eigenvalue weighted by molar-refractivity contribution is -0.00523. The maximum absolute atomic E-state index is 5.52. The number of nitrogens with one attached hydrogen (secondary N) is 1. The van der Waals surface area contributed by atoms with Gasteiger partial charge in [0.15, 0.2) is 5.96 Å². The molecule has 0 bridgehead atoms. The van der Waals surface area contributed by atoms with E-state index in [1.165, 1.54) is 0 Å². The lowest BCUT2D eigenvalue weighted by atomic mass is 9.88. The van der Waals surface area contributed by atoms with Crippen molar-refractivity contribution in [2.24, 2.45) is 4.99 Å². The third-order valence-electron chi connectivity index (χ3n) is 4.49. The molecule has 0 atom stereocenters. The van der Waals surface area contributed by atoms with Gasteiger partial charge in [0.05, 0.1) is 12.8 Å². The predicted octanol–water partition coefficient (Wildman–Crippen LogP) is 1.40. The number of nitrogens with zero attached hydrogens (tertiary/aromatic N) is 3. The Balaban J connectivity index is 1.94. The number of aliphatic imine (C=N–C) groups is 1. The Hall–Kier alpha value is -1.53. The summed E-state index contributed by atoms with van der Waals surface area (Å²) in [6.45, 7) is 3.20. The van der Waals surface area contributed by atoms with Crippen molar-refractivity contribution in [3.63, 3.8) is 0 Å². The van der Waals surface area contributed by atoms with Gasteiger partial charge in [0, 0.05) is 39.4 Å². The monoisotopic (exact) mass is 308 g/mol. The second kappa shape index (κ2) is 7.65. The molecular weight excluding hydrogens is 280 g/mol. The Kier molecular flexibility index (Phi) is 5.85. The molecular formula is C16H28N4O2. The molecule has 1 saturated heterocycles. The summed E-state index contributed by atoms with van der Waals surface area (Å²) in [7, 11) is 8.11. The van der Waals surface area contributed by atoms with Crippen LogP contribution in [0, 0.1) is 0 Å². The number of hydrogen-bond acceptors (Lipinski definition) is 4. The van der Waals surface area contributed by atoms with Gasteiger partial charge in [-0.25, -0.2) is 0 Å². The van der Waals surface area contributed by atoms with Crippen molar-refractivity contribution in [2.45, 2.75) is 24.9 Å². The molecule has 0 spiro atoms. The zero-order valence-electron chi connectivity index (χ0n) is 14.1. The zero-order valence-corrected chi connectivity index (χ0v) is 14.1. The molecule has 0 aromatic carbocycles. The van der Waals surface area contributed by atoms with Crippen molar-refractivity contribution < 1.29 is 9.15 Å². The fourth-order valence-corrected chi connectivity index (χ4v) is 2.87. The lowest BCUT2D eigenvalue weighted by Crippen LogP contribution is -2.57. The topological polar surface area (TPSA) is 53.2 Å². The summed E-state index contributed by atoms with van der Waals surface area (Å²) in [6, 6.07) is 3.88. The maximum atomic E-state index is 5.52. The van der Waals surface area contributed by atoms with Gasteiger partial charge in [-0.1, -0.05) is 0 Å². The molecule has 1 aliphatic heterocycles. The van der Waals surface area contributed by atoms with Crippen molar-refractivity contribution in [2.75, 3.05) is 47.9 Å². The number of likely N-dealkylation sites (N-methyl/N-ethyl adjacent to an activating group) is 1. The molecule has 2 heterocycles. The van der Waals surface area contributed by atoms with Gasteiger partial charge in [-0.05, 0) is 39.1 Å². The smallest absolute Gasteiger partial charge is 0.193 e. The first kappa shape index (κ1) is 16.8. The van der Waals surface area contributed by atoms with Crippen LogP contribution in [0.2, 0.25) is 0 Å². The normalized spacial score (nSPS) is 18.5. The Morgan fingerprint density at radius 3 is 2.59 bits per heavy atom. The molecule has 0 saturated carbocycles. The van der Waals surface area contributed by atoms with Crippen LogP contribution in [0.4, 0.5) is 0 Å². The van der Waals surface area contributed by atoms with Gasteiger partial charge < -0.3 is 24.3 Å². The molecule has 0 amide bonds. The predicted molar refractivity (Wildman–Crippen MR) is 88.0 cm³/mol. The molecule has 0 unspecified atom stereocenters. The fraction of sp³-hybridized carbons (Fsp3) is 0.688. The molecule has 1 fully saturated rings. The Bertz CT molecular complexity index is 465. The molecule has 0 radical (unpaired) electrons. The first-order chi connectivity index (χ1) is 10.6. The largest absolute Gasteiger partial charge is 0.467 e. The van der Waals surface area contributed by atoms with E-state index in [9.17, 15) is 0 Å². The Morgan fingerprint density at radius 2 is 2.05 bits per heavy atom. The molecule has 2 rings (SSSR count). The highest BCUT2D eigenvalue weighted by Gasteiger charge is 2.35.